The monoisotopic (exact) mass is 348 g/mol. The predicted octanol–water partition coefficient (Wildman–Crippen LogP) is 2.20. The highest BCUT2D eigenvalue weighted by Crippen LogP contribution is 2.25. The average Bonchev–Trinajstić information content (AvgIpc) is 2.98. The van der Waals surface area contributed by atoms with Gasteiger partial charge in [0.25, 0.3) is 0 Å². The van der Waals surface area contributed by atoms with Crippen molar-refractivity contribution < 1.29 is 14.3 Å². The van der Waals surface area contributed by atoms with Crippen LogP contribution in [0.25, 0.3) is 0 Å². The van der Waals surface area contributed by atoms with E-state index in [1.807, 2.05) is 30.1 Å². The second kappa shape index (κ2) is 9.90. The van der Waals surface area contributed by atoms with Crippen molar-refractivity contribution in [3.8, 4) is 0 Å². The molecule has 1 amide bonds. The van der Waals surface area contributed by atoms with Gasteiger partial charge in [0.2, 0.25) is 5.91 Å². The van der Waals surface area contributed by atoms with E-state index in [9.17, 15) is 4.79 Å². The molecule has 0 saturated carbocycles. The summed E-state index contributed by atoms with van der Waals surface area (Å²) >= 11 is 0. The summed E-state index contributed by atoms with van der Waals surface area (Å²) in [6.07, 6.45) is 1.79. The third-order valence-electron chi connectivity index (χ3n) is 4.98. The van der Waals surface area contributed by atoms with Crippen LogP contribution in [-0.4, -0.2) is 74.4 Å². The van der Waals surface area contributed by atoms with Gasteiger partial charge in [-0.3, -0.25) is 9.69 Å². The minimum absolute atomic E-state index is 0.0728. The van der Waals surface area contributed by atoms with Crippen molar-refractivity contribution in [2.24, 2.45) is 0 Å². The molecule has 0 spiro atoms. The first-order valence-electron chi connectivity index (χ1n) is 9.17. The van der Waals surface area contributed by atoms with Gasteiger partial charge < -0.3 is 14.4 Å². The van der Waals surface area contributed by atoms with Gasteiger partial charge in [-0.05, 0) is 39.3 Å². The van der Waals surface area contributed by atoms with E-state index in [1.54, 1.807) is 7.11 Å². The molecule has 1 fully saturated rings. The minimum atomic E-state index is 0.0728. The second-order valence-corrected chi connectivity index (χ2v) is 7.04. The number of hydrogen-bond donors (Lipinski definition) is 0. The smallest absolute Gasteiger partial charge is 0.237 e. The van der Waals surface area contributed by atoms with Crippen LogP contribution in [0.5, 0.6) is 0 Å². The highest BCUT2D eigenvalue weighted by molar-refractivity contribution is 5.79. The highest BCUT2D eigenvalue weighted by Gasteiger charge is 2.37. The standard InChI is InChI=1S/C20H32N2O3/c1-16(2)21(3)15-20(23)22-11-10-19(25-13-12-24-4)18(22)14-17-8-6-5-7-9-17/h5-9,16,18-19H,10-15H2,1-4H3/t18-,19+/m0/s1. The number of benzene rings is 1. The summed E-state index contributed by atoms with van der Waals surface area (Å²) in [5, 5.41) is 0. The zero-order chi connectivity index (χ0) is 18.2. The summed E-state index contributed by atoms with van der Waals surface area (Å²) in [5.74, 6) is 0.190. The maximum absolute atomic E-state index is 12.8. The maximum Gasteiger partial charge on any atom is 0.237 e. The number of ether oxygens (including phenoxy) is 2. The van der Waals surface area contributed by atoms with Crippen molar-refractivity contribution in [3.63, 3.8) is 0 Å². The molecule has 25 heavy (non-hydrogen) atoms. The number of hydrogen-bond acceptors (Lipinski definition) is 4. The topological polar surface area (TPSA) is 42.0 Å². The molecule has 1 aliphatic rings. The number of carbonyl (C=O) groups is 1. The van der Waals surface area contributed by atoms with Crippen LogP contribution in [0.3, 0.4) is 0 Å². The Hall–Kier alpha value is -1.43. The molecule has 1 aromatic rings. The van der Waals surface area contributed by atoms with Crippen LogP contribution < -0.4 is 0 Å². The molecule has 2 atom stereocenters. The van der Waals surface area contributed by atoms with Gasteiger partial charge in [0.1, 0.15) is 0 Å². The van der Waals surface area contributed by atoms with Crippen LogP contribution in [0.15, 0.2) is 30.3 Å². The number of rotatable bonds is 9. The Morgan fingerprint density at radius 1 is 1.28 bits per heavy atom. The third-order valence-corrected chi connectivity index (χ3v) is 4.98. The molecule has 5 nitrogen and oxygen atoms in total. The lowest BCUT2D eigenvalue weighted by atomic mass is 10.0. The molecule has 0 radical (unpaired) electrons. The van der Waals surface area contributed by atoms with Gasteiger partial charge in [-0.15, -0.1) is 0 Å². The number of amides is 1. The van der Waals surface area contributed by atoms with Crippen LogP contribution >= 0.6 is 0 Å². The lowest BCUT2D eigenvalue weighted by Crippen LogP contribution is -2.46. The molecule has 0 aromatic heterocycles. The van der Waals surface area contributed by atoms with E-state index in [-0.39, 0.29) is 18.1 Å². The summed E-state index contributed by atoms with van der Waals surface area (Å²) < 4.78 is 11.1. The fraction of sp³-hybridized carbons (Fsp3) is 0.650. The van der Waals surface area contributed by atoms with E-state index >= 15 is 0 Å². The Kier molecular flexibility index (Phi) is 7.88. The van der Waals surface area contributed by atoms with Gasteiger partial charge in [0.15, 0.2) is 0 Å². The molecular formula is C20H32N2O3. The lowest BCUT2D eigenvalue weighted by molar-refractivity contribution is -0.134. The van der Waals surface area contributed by atoms with Crippen LogP contribution in [-0.2, 0) is 20.7 Å². The van der Waals surface area contributed by atoms with Gasteiger partial charge in [-0.25, -0.2) is 0 Å². The fourth-order valence-electron chi connectivity index (χ4n) is 3.20. The zero-order valence-electron chi connectivity index (χ0n) is 16.0. The first-order chi connectivity index (χ1) is 12.0. The molecule has 1 aliphatic heterocycles. The van der Waals surface area contributed by atoms with Gasteiger partial charge in [0, 0.05) is 19.7 Å². The maximum atomic E-state index is 12.8. The number of likely N-dealkylation sites (N-methyl/N-ethyl adjacent to an activating group) is 1. The van der Waals surface area contributed by atoms with Gasteiger partial charge in [0.05, 0.1) is 31.9 Å². The normalized spacial score (nSPS) is 20.6. The summed E-state index contributed by atoms with van der Waals surface area (Å²) in [6, 6.07) is 10.8. The third kappa shape index (κ3) is 5.80. The molecule has 0 aliphatic carbocycles. The molecule has 140 valence electrons. The summed E-state index contributed by atoms with van der Waals surface area (Å²) in [5.41, 5.74) is 1.24. The van der Waals surface area contributed by atoms with E-state index in [0.29, 0.717) is 25.8 Å². The quantitative estimate of drug-likeness (QED) is 0.642. The van der Waals surface area contributed by atoms with Crippen LogP contribution in [0.2, 0.25) is 0 Å². The van der Waals surface area contributed by atoms with Crippen LogP contribution in [0.1, 0.15) is 25.8 Å². The van der Waals surface area contributed by atoms with E-state index in [0.717, 1.165) is 19.4 Å². The SMILES string of the molecule is COCCO[C@@H]1CCN(C(=O)CN(C)C(C)C)[C@H]1Cc1ccccc1. The van der Waals surface area contributed by atoms with Crippen molar-refractivity contribution >= 4 is 5.91 Å². The highest BCUT2D eigenvalue weighted by atomic mass is 16.5. The lowest BCUT2D eigenvalue weighted by Gasteiger charge is -2.31. The second-order valence-electron chi connectivity index (χ2n) is 7.04. The molecule has 0 N–H and O–H groups in total. The predicted molar refractivity (Wildman–Crippen MR) is 99.6 cm³/mol. The molecule has 1 aromatic carbocycles. The van der Waals surface area contributed by atoms with Crippen molar-refractivity contribution in [3.05, 3.63) is 35.9 Å². The van der Waals surface area contributed by atoms with E-state index in [4.69, 9.17) is 9.47 Å². The summed E-state index contributed by atoms with van der Waals surface area (Å²) in [7, 11) is 3.68. The van der Waals surface area contributed by atoms with Crippen molar-refractivity contribution in [2.75, 3.05) is 40.5 Å². The molecule has 5 heteroatoms. The molecular weight excluding hydrogens is 316 g/mol. The van der Waals surface area contributed by atoms with Crippen molar-refractivity contribution in [1.82, 2.24) is 9.80 Å². The van der Waals surface area contributed by atoms with E-state index in [1.165, 1.54) is 5.56 Å². The molecule has 0 unspecified atom stereocenters. The van der Waals surface area contributed by atoms with Gasteiger partial charge in [-0.1, -0.05) is 30.3 Å². The number of likely N-dealkylation sites (tertiary alicyclic amines) is 1. The van der Waals surface area contributed by atoms with Crippen LogP contribution in [0, 0.1) is 0 Å². The van der Waals surface area contributed by atoms with Gasteiger partial charge >= 0.3 is 0 Å². The Balaban J connectivity index is 2.06. The van der Waals surface area contributed by atoms with Crippen molar-refractivity contribution in [2.45, 2.75) is 44.9 Å². The Labute approximate surface area is 151 Å². The Morgan fingerprint density at radius 2 is 2.00 bits per heavy atom. The first-order valence-corrected chi connectivity index (χ1v) is 9.17. The largest absolute Gasteiger partial charge is 0.382 e. The average molecular weight is 348 g/mol. The molecule has 2 rings (SSSR count). The summed E-state index contributed by atoms with van der Waals surface area (Å²) in [6.45, 7) is 6.58. The molecule has 1 heterocycles. The number of nitrogens with zero attached hydrogens (tertiary/aromatic N) is 2. The fourth-order valence-corrected chi connectivity index (χ4v) is 3.20. The first kappa shape index (κ1) is 19.9. The van der Waals surface area contributed by atoms with E-state index in [2.05, 4.69) is 30.9 Å². The zero-order valence-corrected chi connectivity index (χ0v) is 16.0. The van der Waals surface area contributed by atoms with Crippen LogP contribution in [0.4, 0.5) is 0 Å². The minimum Gasteiger partial charge on any atom is -0.382 e. The van der Waals surface area contributed by atoms with E-state index < -0.39 is 0 Å². The molecule has 0 bridgehead atoms. The summed E-state index contributed by atoms with van der Waals surface area (Å²) in [4.78, 5) is 16.9. The Bertz CT molecular complexity index is 521. The van der Waals surface area contributed by atoms with Crippen molar-refractivity contribution in [1.29, 1.82) is 0 Å². The molecule has 1 saturated heterocycles. The Morgan fingerprint density at radius 3 is 2.64 bits per heavy atom. The number of methoxy groups -OCH3 is 1. The number of carbonyl (C=O) groups excluding carboxylic acids is 1. The van der Waals surface area contributed by atoms with Gasteiger partial charge in [-0.2, -0.15) is 0 Å².